The summed E-state index contributed by atoms with van der Waals surface area (Å²) < 4.78 is 1.02. The van der Waals surface area contributed by atoms with Crippen LogP contribution in [0.1, 0.15) is 31.2 Å². The van der Waals surface area contributed by atoms with E-state index in [1.807, 2.05) is 18.2 Å². The van der Waals surface area contributed by atoms with Crippen molar-refractivity contribution >= 4 is 33.5 Å². The molecule has 1 heterocycles. The second-order valence-corrected chi connectivity index (χ2v) is 6.24. The summed E-state index contributed by atoms with van der Waals surface area (Å²) >= 11 is 9.55. The summed E-state index contributed by atoms with van der Waals surface area (Å²) in [5.41, 5.74) is 1.12. The zero-order chi connectivity index (χ0) is 13.8. The maximum atomic E-state index is 10.9. The summed E-state index contributed by atoms with van der Waals surface area (Å²) in [6.45, 7) is 1.70. The fourth-order valence-corrected chi connectivity index (χ4v) is 3.15. The molecule has 1 aromatic carbocycles. The molecular formula is C14H17BrClNO2. The molecule has 1 saturated heterocycles. The lowest BCUT2D eigenvalue weighted by Gasteiger charge is -2.35. The maximum absolute atomic E-state index is 10.9. The Morgan fingerprint density at radius 1 is 1.47 bits per heavy atom. The van der Waals surface area contributed by atoms with Crippen LogP contribution >= 0.6 is 27.5 Å². The van der Waals surface area contributed by atoms with Gasteiger partial charge in [0.05, 0.1) is 6.42 Å². The van der Waals surface area contributed by atoms with Crippen LogP contribution in [-0.2, 0) is 11.3 Å². The van der Waals surface area contributed by atoms with Gasteiger partial charge in [0.2, 0.25) is 0 Å². The molecule has 0 amide bonds. The van der Waals surface area contributed by atoms with Gasteiger partial charge in [-0.05, 0) is 43.1 Å². The molecule has 0 saturated carbocycles. The molecule has 0 radical (unpaired) electrons. The number of aliphatic carboxylic acids is 1. The number of carboxylic acid groups (broad SMARTS) is 1. The van der Waals surface area contributed by atoms with Crippen LogP contribution in [-0.4, -0.2) is 28.6 Å². The Balaban J connectivity index is 2.10. The molecule has 0 aromatic heterocycles. The number of carbonyl (C=O) groups is 1. The largest absolute Gasteiger partial charge is 0.481 e. The van der Waals surface area contributed by atoms with E-state index in [9.17, 15) is 4.79 Å². The van der Waals surface area contributed by atoms with E-state index < -0.39 is 5.97 Å². The van der Waals surface area contributed by atoms with E-state index in [4.69, 9.17) is 16.7 Å². The van der Waals surface area contributed by atoms with Gasteiger partial charge in [-0.2, -0.15) is 0 Å². The number of halogens is 2. The monoisotopic (exact) mass is 345 g/mol. The van der Waals surface area contributed by atoms with Crippen LogP contribution in [0, 0.1) is 0 Å². The Hall–Kier alpha value is -0.580. The van der Waals surface area contributed by atoms with E-state index >= 15 is 0 Å². The van der Waals surface area contributed by atoms with E-state index in [-0.39, 0.29) is 12.5 Å². The molecule has 1 aliphatic heterocycles. The molecule has 5 heteroatoms. The Bertz CT molecular complexity index is 467. The second-order valence-electron chi connectivity index (χ2n) is 4.95. The molecule has 2 rings (SSSR count). The van der Waals surface area contributed by atoms with Crippen molar-refractivity contribution in [2.75, 3.05) is 6.54 Å². The third-order valence-corrected chi connectivity index (χ3v) is 4.55. The molecule has 1 aliphatic rings. The Morgan fingerprint density at radius 3 is 3.00 bits per heavy atom. The highest BCUT2D eigenvalue weighted by Gasteiger charge is 2.25. The smallest absolute Gasteiger partial charge is 0.304 e. The van der Waals surface area contributed by atoms with Gasteiger partial charge in [0.25, 0.3) is 0 Å². The van der Waals surface area contributed by atoms with Crippen LogP contribution in [0.15, 0.2) is 22.7 Å². The summed E-state index contributed by atoms with van der Waals surface area (Å²) in [5.74, 6) is -0.720. The molecule has 104 valence electrons. The van der Waals surface area contributed by atoms with Crippen molar-refractivity contribution in [3.63, 3.8) is 0 Å². The zero-order valence-electron chi connectivity index (χ0n) is 10.6. The SMILES string of the molecule is O=C(O)CC1CCCCN1Cc1cc(Cl)ccc1Br. The minimum atomic E-state index is -0.720. The van der Waals surface area contributed by atoms with Crippen LogP contribution in [0.2, 0.25) is 5.02 Å². The Morgan fingerprint density at radius 2 is 2.26 bits per heavy atom. The van der Waals surface area contributed by atoms with Crippen LogP contribution in [0.25, 0.3) is 0 Å². The van der Waals surface area contributed by atoms with Gasteiger partial charge in [-0.1, -0.05) is 34.0 Å². The third-order valence-electron chi connectivity index (χ3n) is 3.54. The first-order chi connectivity index (χ1) is 9.06. The lowest BCUT2D eigenvalue weighted by atomic mass is 9.98. The molecule has 19 heavy (non-hydrogen) atoms. The molecule has 1 N–H and O–H groups in total. The second kappa shape index (κ2) is 6.73. The summed E-state index contributed by atoms with van der Waals surface area (Å²) in [4.78, 5) is 13.2. The van der Waals surface area contributed by atoms with E-state index in [1.165, 1.54) is 0 Å². The highest BCUT2D eigenvalue weighted by Crippen LogP contribution is 2.27. The number of hydrogen-bond donors (Lipinski definition) is 1. The minimum Gasteiger partial charge on any atom is -0.481 e. The average Bonchev–Trinajstić information content (AvgIpc) is 2.35. The van der Waals surface area contributed by atoms with Gasteiger partial charge >= 0.3 is 5.97 Å². The molecule has 1 aromatic rings. The topological polar surface area (TPSA) is 40.5 Å². The number of rotatable bonds is 4. The first-order valence-corrected chi connectivity index (χ1v) is 7.63. The normalized spacial score (nSPS) is 20.4. The van der Waals surface area contributed by atoms with Gasteiger partial charge in [0, 0.05) is 22.1 Å². The molecule has 1 unspecified atom stereocenters. The fourth-order valence-electron chi connectivity index (χ4n) is 2.58. The lowest BCUT2D eigenvalue weighted by molar-refractivity contribution is -0.138. The predicted octanol–water partition coefficient (Wildman–Crippen LogP) is 3.93. The standard InChI is InChI=1S/C14H17BrClNO2/c15-13-5-4-11(16)7-10(13)9-17-6-2-1-3-12(17)8-14(18)19/h4-5,7,12H,1-3,6,8-9H2,(H,18,19). The quantitative estimate of drug-likeness (QED) is 0.898. The van der Waals surface area contributed by atoms with E-state index in [0.29, 0.717) is 5.02 Å². The van der Waals surface area contributed by atoms with E-state index in [1.54, 1.807) is 0 Å². The molecule has 0 aliphatic carbocycles. The lowest BCUT2D eigenvalue weighted by Crippen LogP contribution is -2.40. The minimum absolute atomic E-state index is 0.136. The van der Waals surface area contributed by atoms with Crippen molar-refractivity contribution in [3.8, 4) is 0 Å². The number of likely N-dealkylation sites (tertiary alicyclic amines) is 1. The van der Waals surface area contributed by atoms with Crippen LogP contribution in [0.5, 0.6) is 0 Å². The maximum Gasteiger partial charge on any atom is 0.304 e. The number of nitrogens with zero attached hydrogens (tertiary/aromatic N) is 1. The molecule has 1 atom stereocenters. The van der Waals surface area contributed by atoms with Crippen LogP contribution in [0.4, 0.5) is 0 Å². The van der Waals surface area contributed by atoms with Crippen molar-refractivity contribution in [2.45, 2.75) is 38.3 Å². The van der Waals surface area contributed by atoms with Crippen LogP contribution < -0.4 is 0 Å². The van der Waals surface area contributed by atoms with Gasteiger partial charge in [0.1, 0.15) is 0 Å². The molecule has 3 nitrogen and oxygen atoms in total. The number of piperidine rings is 1. The van der Waals surface area contributed by atoms with Gasteiger partial charge in [-0.15, -0.1) is 0 Å². The molecular weight excluding hydrogens is 330 g/mol. The van der Waals surface area contributed by atoms with Gasteiger partial charge in [-0.25, -0.2) is 0 Å². The first kappa shape index (κ1) is 14.8. The summed E-state index contributed by atoms with van der Waals surface area (Å²) in [6, 6.07) is 5.86. The predicted molar refractivity (Wildman–Crippen MR) is 79.5 cm³/mol. The summed E-state index contributed by atoms with van der Waals surface area (Å²) in [5, 5.41) is 9.70. The van der Waals surface area contributed by atoms with E-state index in [0.717, 1.165) is 42.4 Å². The van der Waals surface area contributed by atoms with Crippen molar-refractivity contribution in [1.29, 1.82) is 0 Å². The van der Waals surface area contributed by atoms with Crippen molar-refractivity contribution in [1.82, 2.24) is 4.90 Å². The highest BCUT2D eigenvalue weighted by atomic mass is 79.9. The van der Waals surface area contributed by atoms with Gasteiger partial charge in [-0.3, -0.25) is 9.69 Å². The fraction of sp³-hybridized carbons (Fsp3) is 0.500. The Labute approximate surface area is 126 Å². The number of hydrogen-bond acceptors (Lipinski definition) is 2. The average molecular weight is 347 g/mol. The highest BCUT2D eigenvalue weighted by molar-refractivity contribution is 9.10. The van der Waals surface area contributed by atoms with Gasteiger partial charge in [0.15, 0.2) is 0 Å². The third kappa shape index (κ3) is 4.20. The van der Waals surface area contributed by atoms with E-state index in [2.05, 4.69) is 20.8 Å². The van der Waals surface area contributed by atoms with Crippen molar-refractivity contribution < 1.29 is 9.90 Å². The summed E-state index contributed by atoms with van der Waals surface area (Å²) in [6.07, 6.45) is 3.43. The molecule has 1 fully saturated rings. The zero-order valence-corrected chi connectivity index (χ0v) is 13.0. The van der Waals surface area contributed by atoms with Crippen molar-refractivity contribution in [2.24, 2.45) is 0 Å². The Kier molecular flexibility index (Phi) is 5.25. The van der Waals surface area contributed by atoms with Gasteiger partial charge < -0.3 is 5.11 Å². The first-order valence-electron chi connectivity index (χ1n) is 6.46. The molecule has 0 bridgehead atoms. The summed E-state index contributed by atoms with van der Waals surface area (Å²) in [7, 11) is 0. The van der Waals surface area contributed by atoms with Crippen LogP contribution in [0.3, 0.4) is 0 Å². The number of benzene rings is 1. The number of carboxylic acids is 1. The van der Waals surface area contributed by atoms with Crippen molar-refractivity contribution in [3.05, 3.63) is 33.3 Å². The molecule has 0 spiro atoms.